The van der Waals surface area contributed by atoms with Crippen molar-refractivity contribution in [3.05, 3.63) is 58.3 Å². The van der Waals surface area contributed by atoms with E-state index in [-0.39, 0.29) is 28.2 Å². The summed E-state index contributed by atoms with van der Waals surface area (Å²) in [5.74, 6) is 0.102. The third kappa shape index (κ3) is 3.36. The lowest BCUT2D eigenvalue weighted by Crippen LogP contribution is -2.36. The maximum atomic E-state index is 14.2. The van der Waals surface area contributed by atoms with E-state index >= 15 is 0 Å². The second kappa shape index (κ2) is 7.90. The molecular weight excluding hydrogens is 436 g/mol. The van der Waals surface area contributed by atoms with Crippen LogP contribution in [0.25, 0.3) is 11.0 Å². The number of furan rings is 1. The lowest BCUT2D eigenvalue weighted by Gasteiger charge is -2.26. The van der Waals surface area contributed by atoms with Gasteiger partial charge in [-0.3, -0.25) is 9.10 Å². The molecule has 1 amide bonds. The van der Waals surface area contributed by atoms with Crippen LogP contribution in [0, 0.1) is 20.8 Å². The van der Waals surface area contributed by atoms with E-state index in [4.69, 9.17) is 4.42 Å². The molecule has 2 aliphatic rings. The number of piperidine rings is 1. The van der Waals surface area contributed by atoms with E-state index in [1.807, 2.05) is 62.9 Å². The number of sulfonamides is 1. The van der Waals surface area contributed by atoms with Gasteiger partial charge in [0.05, 0.1) is 5.69 Å². The SMILES string of the molecule is Cc1cc2c(C)c(C(=O)N3CCCCC3)oc2c(S(=O)(=O)N2c3ccccc3C[C@H]2C)c1C. The Hall–Kier alpha value is -2.80. The number of anilines is 1. The summed E-state index contributed by atoms with van der Waals surface area (Å²) in [6.45, 7) is 8.92. The first-order valence-corrected chi connectivity index (χ1v) is 13.1. The third-order valence-corrected chi connectivity index (χ3v) is 9.27. The van der Waals surface area contributed by atoms with Gasteiger partial charge in [-0.1, -0.05) is 18.2 Å². The molecule has 0 bridgehead atoms. The van der Waals surface area contributed by atoms with Crippen LogP contribution in [0.4, 0.5) is 5.69 Å². The van der Waals surface area contributed by atoms with E-state index in [1.165, 1.54) is 4.31 Å². The zero-order chi connectivity index (χ0) is 23.5. The van der Waals surface area contributed by atoms with Crippen molar-refractivity contribution in [2.24, 2.45) is 0 Å². The molecule has 174 valence electrons. The highest BCUT2D eigenvalue weighted by molar-refractivity contribution is 7.93. The molecule has 3 aromatic rings. The molecule has 0 aliphatic carbocycles. The normalized spacial score (nSPS) is 18.7. The number of benzene rings is 2. The molecule has 1 fully saturated rings. The molecule has 2 aliphatic heterocycles. The molecule has 0 N–H and O–H groups in total. The Kier molecular flexibility index (Phi) is 5.27. The lowest BCUT2D eigenvalue weighted by molar-refractivity contribution is 0.0693. The van der Waals surface area contributed by atoms with Crippen LogP contribution in [0.2, 0.25) is 0 Å². The highest BCUT2D eigenvalue weighted by Crippen LogP contribution is 2.41. The van der Waals surface area contributed by atoms with Crippen LogP contribution in [0.3, 0.4) is 0 Å². The van der Waals surface area contributed by atoms with Crippen LogP contribution in [0.5, 0.6) is 0 Å². The molecule has 0 unspecified atom stereocenters. The molecule has 3 heterocycles. The van der Waals surface area contributed by atoms with Gasteiger partial charge in [0.1, 0.15) is 4.90 Å². The first-order valence-electron chi connectivity index (χ1n) is 11.7. The molecule has 7 heteroatoms. The largest absolute Gasteiger partial charge is 0.449 e. The highest BCUT2D eigenvalue weighted by atomic mass is 32.2. The molecule has 6 nitrogen and oxygen atoms in total. The van der Waals surface area contributed by atoms with Crippen molar-refractivity contribution in [3.63, 3.8) is 0 Å². The van der Waals surface area contributed by atoms with E-state index in [1.54, 1.807) is 0 Å². The summed E-state index contributed by atoms with van der Waals surface area (Å²) in [5, 5.41) is 0.692. The number of aryl methyl sites for hydroxylation is 2. The Morgan fingerprint density at radius 1 is 1.03 bits per heavy atom. The van der Waals surface area contributed by atoms with Gasteiger partial charge in [-0.2, -0.15) is 0 Å². The fourth-order valence-electron chi connectivity index (χ4n) is 5.30. The molecule has 2 aromatic carbocycles. The Labute approximate surface area is 195 Å². The Morgan fingerprint density at radius 2 is 1.73 bits per heavy atom. The number of amides is 1. The number of likely N-dealkylation sites (tertiary alicyclic amines) is 1. The second-order valence-corrected chi connectivity index (χ2v) is 11.2. The number of para-hydroxylation sites is 1. The van der Waals surface area contributed by atoms with Crippen molar-refractivity contribution in [2.75, 3.05) is 17.4 Å². The minimum atomic E-state index is -3.92. The van der Waals surface area contributed by atoms with E-state index < -0.39 is 10.0 Å². The van der Waals surface area contributed by atoms with Crippen molar-refractivity contribution in [3.8, 4) is 0 Å². The summed E-state index contributed by atoms with van der Waals surface area (Å²) in [5.41, 5.74) is 4.24. The molecule has 33 heavy (non-hydrogen) atoms. The van der Waals surface area contributed by atoms with Gasteiger partial charge in [0.15, 0.2) is 11.3 Å². The van der Waals surface area contributed by atoms with Crippen molar-refractivity contribution >= 4 is 32.6 Å². The van der Waals surface area contributed by atoms with E-state index in [2.05, 4.69) is 0 Å². The topological polar surface area (TPSA) is 70.8 Å². The zero-order valence-electron chi connectivity index (χ0n) is 19.6. The van der Waals surface area contributed by atoms with E-state index in [0.717, 1.165) is 30.4 Å². The molecule has 5 rings (SSSR count). The number of fused-ring (bicyclic) bond motifs is 2. The second-order valence-electron chi connectivity index (χ2n) is 9.42. The molecule has 0 spiro atoms. The molecule has 0 saturated carbocycles. The first-order chi connectivity index (χ1) is 15.7. The van der Waals surface area contributed by atoms with Crippen molar-refractivity contribution < 1.29 is 17.6 Å². The van der Waals surface area contributed by atoms with Crippen molar-refractivity contribution in [1.82, 2.24) is 4.90 Å². The minimum Gasteiger partial charge on any atom is -0.449 e. The van der Waals surface area contributed by atoms with Crippen LogP contribution >= 0.6 is 0 Å². The van der Waals surface area contributed by atoms with Gasteiger partial charge >= 0.3 is 0 Å². The van der Waals surface area contributed by atoms with Gasteiger partial charge in [-0.05, 0) is 82.2 Å². The van der Waals surface area contributed by atoms with Crippen molar-refractivity contribution in [1.29, 1.82) is 0 Å². The smallest absolute Gasteiger partial charge is 0.289 e. The predicted molar refractivity (Wildman–Crippen MR) is 129 cm³/mol. The number of hydrogen-bond donors (Lipinski definition) is 0. The zero-order valence-corrected chi connectivity index (χ0v) is 20.5. The molecule has 0 radical (unpaired) electrons. The average molecular weight is 467 g/mol. The van der Waals surface area contributed by atoms with Gasteiger partial charge in [0.25, 0.3) is 15.9 Å². The average Bonchev–Trinajstić information content (AvgIpc) is 3.30. The number of carbonyl (C=O) groups is 1. The number of carbonyl (C=O) groups excluding carboxylic acids is 1. The Balaban J connectivity index is 1.70. The highest BCUT2D eigenvalue weighted by Gasteiger charge is 2.39. The molecule has 1 saturated heterocycles. The molecular formula is C26H30N2O4S. The van der Waals surface area contributed by atoms with Gasteiger partial charge in [-0.15, -0.1) is 0 Å². The molecule has 1 atom stereocenters. The Bertz CT molecular complexity index is 1370. The summed E-state index contributed by atoms with van der Waals surface area (Å²) in [4.78, 5) is 15.3. The van der Waals surface area contributed by atoms with Gasteiger partial charge in [-0.25, -0.2) is 8.42 Å². The monoisotopic (exact) mass is 466 g/mol. The number of rotatable bonds is 3. The van der Waals surface area contributed by atoms with E-state index in [9.17, 15) is 13.2 Å². The van der Waals surface area contributed by atoms with Crippen LogP contribution < -0.4 is 4.31 Å². The van der Waals surface area contributed by atoms with Gasteiger partial charge in [0.2, 0.25) is 0 Å². The lowest BCUT2D eigenvalue weighted by atomic mass is 10.0. The summed E-state index contributed by atoms with van der Waals surface area (Å²) in [7, 11) is -3.92. The van der Waals surface area contributed by atoms with Crippen LogP contribution in [-0.2, 0) is 16.4 Å². The number of hydrogen-bond acceptors (Lipinski definition) is 4. The Morgan fingerprint density at radius 3 is 2.45 bits per heavy atom. The summed E-state index contributed by atoms with van der Waals surface area (Å²) < 4.78 is 36.0. The quantitative estimate of drug-likeness (QED) is 0.537. The maximum absolute atomic E-state index is 14.2. The first kappa shape index (κ1) is 22.0. The van der Waals surface area contributed by atoms with E-state index in [0.29, 0.717) is 41.7 Å². The maximum Gasteiger partial charge on any atom is 0.289 e. The number of nitrogens with zero attached hydrogens (tertiary/aromatic N) is 2. The fourth-order valence-corrected chi connectivity index (χ4v) is 7.42. The predicted octanol–water partition coefficient (Wildman–Crippen LogP) is 5.12. The van der Waals surface area contributed by atoms with Crippen LogP contribution in [-0.4, -0.2) is 38.4 Å². The summed E-state index contributed by atoms with van der Waals surface area (Å²) in [6.07, 6.45) is 3.75. The van der Waals surface area contributed by atoms with Gasteiger partial charge in [0, 0.05) is 30.1 Å². The van der Waals surface area contributed by atoms with Gasteiger partial charge < -0.3 is 9.32 Å². The minimum absolute atomic E-state index is 0.151. The van der Waals surface area contributed by atoms with Crippen molar-refractivity contribution in [2.45, 2.75) is 64.3 Å². The summed E-state index contributed by atoms with van der Waals surface area (Å²) in [6, 6.07) is 9.38. The van der Waals surface area contributed by atoms with Crippen LogP contribution in [0.1, 0.15) is 59.0 Å². The van der Waals surface area contributed by atoms with Crippen LogP contribution in [0.15, 0.2) is 39.6 Å². The summed E-state index contributed by atoms with van der Waals surface area (Å²) >= 11 is 0. The molecule has 1 aromatic heterocycles. The standard InChI is InChI=1S/C26H30N2O4S/c1-16-14-21-19(4)23(26(29)27-12-8-5-9-13-27)32-24(21)25(18(16)3)33(30,31)28-17(2)15-20-10-6-7-11-22(20)28/h6-7,10-11,14,17H,5,8-9,12-13,15H2,1-4H3/t17-/m1/s1. The fraction of sp³-hybridized carbons (Fsp3) is 0.423. The third-order valence-electron chi connectivity index (χ3n) is 7.19.